The van der Waals surface area contributed by atoms with Gasteiger partial charge in [0.25, 0.3) is 0 Å². The van der Waals surface area contributed by atoms with E-state index in [2.05, 4.69) is 9.47 Å². The van der Waals surface area contributed by atoms with Gasteiger partial charge < -0.3 is 23.7 Å². The van der Waals surface area contributed by atoms with Crippen LogP contribution >= 0.6 is 0 Å². The van der Waals surface area contributed by atoms with E-state index < -0.39 is 30.0 Å². The highest BCUT2D eigenvalue weighted by atomic mass is 16.6. The Hall–Kier alpha value is -2.72. The first kappa shape index (κ1) is 22.3. The Morgan fingerprint density at radius 3 is 1.96 bits per heavy atom. The van der Waals surface area contributed by atoms with Crippen molar-refractivity contribution < 1.29 is 42.9 Å². The van der Waals surface area contributed by atoms with Crippen LogP contribution in [0.2, 0.25) is 0 Å². The molecule has 0 amide bonds. The molecule has 1 atom stereocenters. The van der Waals surface area contributed by atoms with Gasteiger partial charge in [-0.25, -0.2) is 19.2 Å². The summed E-state index contributed by atoms with van der Waals surface area (Å²) in [5.74, 6) is -2.96. The van der Waals surface area contributed by atoms with Crippen LogP contribution in [0, 0.1) is 0 Å². The number of methoxy groups -OCH3 is 2. The number of esters is 4. The van der Waals surface area contributed by atoms with Crippen molar-refractivity contribution in [3.63, 3.8) is 0 Å². The number of rotatable bonds is 9. The SMILES string of the molecule is COC(=O)/C=C/C(=O)OC[C@H](CN1CCOCC1)OC(=O)/C=C/C(=O)OC. The minimum Gasteiger partial charge on any atom is -0.466 e. The zero-order valence-corrected chi connectivity index (χ0v) is 15.3. The van der Waals surface area contributed by atoms with Gasteiger partial charge in [0.05, 0.1) is 27.4 Å². The van der Waals surface area contributed by atoms with Crippen LogP contribution in [0.1, 0.15) is 0 Å². The lowest BCUT2D eigenvalue weighted by Gasteiger charge is -2.29. The van der Waals surface area contributed by atoms with Crippen molar-refractivity contribution in [2.75, 3.05) is 53.7 Å². The van der Waals surface area contributed by atoms with Gasteiger partial charge in [0.15, 0.2) is 0 Å². The molecule has 0 bridgehead atoms. The first-order valence-electron chi connectivity index (χ1n) is 8.14. The average molecular weight is 385 g/mol. The molecule has 1 fully saturated rings. The maximum Gasteiger partial charge on any atom is 0.331 e. The highest BCUT2D eigenvalue weighted by Crippen LogP contribution is 2.04. The van der Waals surface area contributed by atoms with Gasteiger partial charge in [-0.2, -0.15) is 0 Å². The molecule has 10 heteroatoms. The molecule has 1 aliphatic heterocycles. The quantitative estimate of drug-likeness (QED) is 0.284. The molecule has 1 heterocycles. The fourth-order valence-corrected chi connectivity index (χ4v) is 2.03. The van der Waals surface area contributed by atoms with Crippen LogP contribution in [-0.4, -0.2) is 88.6 Å². The molecule has 0 aromatic rings. The topological polar surface area (TPSA) is 118 Å². The molecule has 1 saturated heterocycles. The maximum atomic E-state index is 11.8. The third-order valence-electron chi connectivity index (χ3n) is 3.37. The number of carbonyl (C=O) groups excluding carboxylic acids is 4. The molecule has 150 valence electrons. The Morgan fingerprint density at radius 1 is 0.889 bits per heavy atom. The van der Waals surface area contributed by atoms with Crippen LogP contribution in [0.4, 0.5) is 0 Å². The predicted molar refractivity (Wildman–Crippen MR) is 90.4 cm³/mol. The summed E-state index contributed by atoms with van der Waals surface area (Å²) in [6, 6.07) is 0. The van der Waals surface area contributed by atoms with Crippen LogP contribution in [0.3, 0.4) is 0 Å². The molecule has 1 aliphatic rings. The van der Waals surface area contributed by atoms with E-state index in [1.54, 1.807) is 0 Å². The minimum absolute atomic E-state index is 0.223. The largest absolute Gasteiger partial charge is 0.466 e. The normalized spacial score (nSPS) is 16.1. The highest BCUT2D eigenvalue weighted by molar-refractivity contribution is 5.92. The van der Waals surface area contributed by atoms with E-state index in [0.717, 1.165) is 24.3 Å². The summed E-state index contributed by atoms with van der Waals surface area (Å²) in [5.41, 5.74) is 0. The molecule has 0 N–H and O–H groups in total. The lowest BCUT2D eigenvalue weighted by Crippen LogP contribution is -2.43. The van der Waals surface area contributed by atoms with Gasteiger partial charge in [0, 0.05) is 43.9 Å². The second kappa shape index (κ2) is 12.6. The molecule has 0 radical (unpaired) electrons. The molecular formula is C17H23NO9. The molecule has 1 rings (SSSR count). The van der Waals surface area contributed by atoms with Gasteiger partial charge in [-0.3, -0.25) is 4.90 Å². The predicted octanol–water partition coefficient (Wildman–Crippen LogP) is -0.768. The zero-order chi connectivity index (χ0) is 20.1. The Balaban J connectivity index is 2.60. The van der Waals surface area contributed by atoms with Crippen molar-refractivity contribution in [1.29, 1.82) is 0 Å². The molecule has 0 saturated carbocycles. The molecule has 0 spiro atoms. The number of hydrogen-bond donors (Lipinski definition) is 0. The van der Waals surface area contributed by atoms with Crippen molar-refractivity contribution in [1.82, 2.24) is 4.90 Å². The highest BCUT2D eigenvalue weighted by Gasteiger charge is 2.21. The van der Waals surface area contributed by atoms with Crippen molar-refractivity contribution in [3.8, 4) is 0 Å². The van der Waals surface area contributed by atoms with Crippen molar-refractivity contribution in [2.45, 2.75) is 6.10 Å². The fraction of sp³-hybridized carbons (Fsp3) is 0.529. The molecule has 10 nitrogen and oxygen atoms in total. The summed E-state index contributed by atoms with van der Waals surface area (Å²) < 4.78 is 24.3. The number of morpholine rings is 1. The monoisotopic (exact) mass is 385 g/mol. The van der Waals surface area contributed by atoms with Gasteiger partial charge >= 0.3 is 23.9 Å². The van der Waals surface area contributed by atoms with Crippen LogP contribution < -0.4 is 0 Å². The van der Waals surface area contributed by atoms with Crippen LogP contribution in [0.15, 0.2) is 24.3 Å². The summed E-state index contributed by atoms with van der Waals surface area (Å²) in [4.78, 5) is 47.5. The molecule has 27 heavy (non-hydrogen) atoms. The number of ether oxygens (including phenoxy) is 5. The van der Waals surface area contributed by atoms with Crippen molar-refractivity contribution in [3.05, 3.63) is 24.3 Å². The van der Waals surface area contributed by atoms with Crippen LogP contribution in [0.25, 0.3) is 0 Å². The Bertz CT molecular complexity index is 579. The lowest BCUT2D eigenvalue weighted by atomic mass is 10.3. The number of hydrogen-bond acceptors (Lipinski definition) is 10. The van der Waals surface area contributed by atoms with E-state index in [9.17, 15) is 19.2 Å². The Labute approximate surface area is 156 Å². The van der Waals surface area contributed by atoms with E-state index in [1.165, 1.54) is 14.2 Å². The van der Waals surface area contributed by atoms with Crippen molar-refractivity contribution >= 4 is 23.9 Å². The lowest BCUT2D eigenvalue weighted by molar-refractivity contribution is -0.154. The van der Waals surface area contributed by atoms with E-state index >= 15 is 0 Å². The van der Waals surface area contributed by atoms with Crippen LogP contribution in [-0.2, 0) is 42.9 Å². The molecule has 0 aromatic carbocycles. The first-order valence-corrected chi connectivity index (χ1v) is 8.14. The van der Waals surface area contributed by atoms with E-state index in [0.29, 0.717) is 32.8 Å². The molecule has 0 unspecified atom stereocenters. The van der Waals surface area contributed by atoms with E-state index in [1.807, 2.05) is 4.90 Å². The third kappa shape index (κ3) is 10.1. The summed E-state index contributed by atoms with van der Waals surface area (Å²) in [6.07, 6.45) is 2.92. The third-order valence-corrected chi connectivity index (χ3v) is 3.37. The van der Waals surface area contributed by atoms with Gasteiger partial charge in [-0.05, 0) is 0 Å². The number of carbonyl (C=O) groups is 4. The summed E-state index contributed by atoms with van der Waals surface area (Å²) >= 11 is 0. The minimum atomic E-state index is -0.784. The molecule has 0 aliphatic carbocycles. The maximum absolute atomic E-state index is 11.8. The summed E-state index contributed by atoms with van der Waals surface area (Å²) in [5, 5.41) is 0. The van der Waals surface area contributed by atoms with E-state index in [-0.39, 0.29) is 6.61 Å². The fourth-order valence-electron chi connectivity index (χ4n) is 2.03. The Morgan fingerprint density at radius 2 is 1.41 bits per heavy atom. The van der Waals surface area contributed by atoms with Gasteiger partial charge in [-0.15, -0.1) is 0 Å². The second-order valence-electron chi connectivity index (χ2n) is 5.31. The molecule has 0 aromatic heterocycles. The van der Waals surface area contributed by atoms with Crippen LogP contribution in [0.5, 0.6) is 0 Å². The number of nitrogens with zero attached hydrogens (tertiary/aromatic N) is 1. The van der Waals surface area contributed by atoms with Gasteiger partial charge in [0.2, 0.25) is 0 Å². The zero-order valence-electron chi connectivity index (χ0n) is 15.3. The van der Waals surface area contributed by atoms with E-state index in [4.69, 9.17) is 14.2 Å². The van der Waals surface area contributed by atoms with Gasteiger partial charge in [-0.1, -0.05) is 0 Å². The van der Waals surface area contributed by atoms with Crippen molar-refractivity contribution in [2.24, 2.45) is 0 Å². The first-order chi connectivity index (χ1) is 12.9. The molecular weight excluding hydrogens is 362 g/mol. The smallest absolute Gasteiger partial charge is 0.331 e. The summed E-state index contributed by atoms with van der Waals surface area (Å²) in [7, 11) is 2.36. The standard InChI is InChI=1S/C17H23NO9/c1-23-14(19)3-5-16(21)26-12-13(11-18-7-9-25-10-8-18)27-17(22)6-4-15(20)24-2/h3-6,13H,7-12H2,1-2H3/b5-3+,6-4+/t13-/m0/s1. The average Bonchev–Trinajstić information content (AvgIpc) is 2.68. The summed E-state index contributed by atoms with van der Waals surface area (Å²) in [6.45, 7) is 2.47. The Kier molecular flexibility index (Phi) is 10.4. The second-order valence-corrected chi connectivity index (χ2v) is 5.31. The van der Waals surface area contributed by atoms with Gasteiger partial charge in [0.1, 0.15) is 12.7 Å².